The fourth-order valence-corrected chi connectivity index (χ4v) is 0.967. The van der Waals surface area contributed by atoms with Gasteiger partial charge < -0.3 is 4.74 Å². The third-order valence-corrected chi connectivity index (χ3v) is 1.50. The van der Waals surface area contributed by atoms with Gasteiger partial charge in [-0.3, -0.25) is 0 Å². The Morgan fingerprint density at radius 3 is 2.54 bits per heavy atom. The Balaban J connectivity index is 0.000000671. The maximum Gasteiger partial charge on any atom is 0.213 e. The molecule has 1 heterocycles. The first-order valence-electron chi connectivity index (χ1n) is 4.86. The number of rotatable bonds is 3. The van der Waals surface area contributed by atoms with Crippen LogP contribution in [0.25, 0.3) is 0 Å². The number of hydrogen-bond donors (Lipinski definition) is 0. The summed E-state index contributed by atoms with van der Waals surface area (Å²) in [5.74, 6) is 0.705. The molecule has 0 atom stereocenters. The lowest BCUT2D eigenvalue weighted by atomic mass is 10.2. The first kappa shape index (κ1) is 11.9. The molecular weight excluding hydrogens is 162 g/mol. The molecule has 2 heteroatoms. The highest BCUT2D eigenvalue weighted by atomic mass is 16.5. The number of ether oxygens (including phenoxy) is 1. The lowest BCUT2D eigenvalue weighted by Gasteiger charge is -2.00. The van der Waals surface area contributed by atoms with Gasteiger partial charge in [0.15, 0.2) is 0 Å². The molecule has 74 valence electrons. The van der Waals surface area contributed by atoms with E-state index >= 15 is 0 Å². The van der Waals surface area contributed by atoms with Crippen molar-refractivity contribution in [2.45, 2.75) is 33.6 Å². The molecular formula is C11H19NO. The summed E-state index contributed by atoms with van der Waals surface area (Å²) in [5, 5.41) is 0. The quantitative estimate of drug-likeness (QED) is 0.715. The van der Waals surface area contributed by atoms with Crippen molar-refractivity contribution >= 4 is 0 Å². The van der Waals surface area contributed by atoms with Crippen molar-refractivity contribution in [1.29, 1.82) is 0 Å². The molecule has 0 aliphatic carbocycles. The van der Waals surface area contributed by atoms with Crippen molar-refractivity contribution in [3.05, 3.63) is 23.9 Å². The zero-order chi connectivity index (χ0) is 10.1. The van der Waals surface area contributed by atoms with Crippen LogP contribution in [0, 0.1) is 0 Å². The maximum absolute atomic E-state index is 4.99. The van der Waals surface area contributed by atoms with Crippen LogP contribution in [0.3, 0.4) is 0 Å². The molecule has 0 aliphatic rings. The molecule has 1 rings (SSSR count). The highest BCUT2D eigenvalue weighted by molar-refractivity contribution is 5.15. The van der Waals surface area contributed by atoms with E-state index < -0.39 is 0 Å². The molecule has 0 amide bonds. The van der Waals surface area contributed by atoms with Crippen molar-refractivity contribution in [2.24, 2.45) is 0 Å². The van der Waals surface area contributed by atoms with E-state index in [0.29, 0.717) is 5.88 Å². The smallest absolute Gasteiger partial charge is 0.213 e. The molecule has 13 heavy (non-hydrogen) atoms. The molecule has 0 aromatic carbocycles. The van der Waals surface area contributed by atoms with Gasteiger partial charge in [-0.1, -0.05) is 33.3 Å². The van der Waals surface area contributed by atoms with E-state index in [2.05, 4.69) is 11.9 Å². The van der Waals surface area contributed by atoms with Crippen LogP contribution in [0.2, 0.25) is 0 Å². The third kappa shape index (κ3) is 4.51. The SMILES string of the molecule is CC.CCCc1cccc(OC)n1. The lowest BCUT2D eigenvalue weighted by Crippen LogP contribution is -1.92. The second-order valence-corrected chi connectivity index (χ2v) is 2.42. The van der Waals surface area contributed by atoms with Gasteiger partial charge in [0.1, 0.15) is 0 Å². The predicted octanol–water partition coefficient (Wildman–Crippen LogP) is 3.07. The summed E-state index contributed by atoms with van der Waals surface area (Å²) in [4.78, 5) is 4.26. The van der Waals surface area contributed by atoms with Crippen molar-refractivity contribution in [2.75, 3.05) is 7.11 Å². The first-order chi connectivity index (χ1) is 6.36. The number of hydrogen-bond acceptors (Lipinski definition) is 2. The Hall–Kier alpha value is -1.05. The van der Waals surface area contributed by atoms with Crippen molar-refractivity contribution in [3.63, 3.8) is 0 Å². The van der Waals surface area contributed by atoms with Crippen LogP contribution in [0.1, 0.15) is 32.9 Å². The van der Waals surface area contributed by atoms with E-state index in [1.807, 2.05) is 32.0 Å². The molecule has 0 aliphatic heterocycles. The normalized spacial score (nSPS) is 8.62. The largest absolute Gasteiger partial charge is 0.481 e. The second kappa shape index (κ2) is 7.59. The van der Waals surface area contributed by atoms with Gasteiger partial charge in [0, 0.05) is 11.8 Å². The number of methoxy groups -OCH3 is 1. The number of aromatic nitrogens is 1. The summed E-state index contributed by atoms with van der Waals surface area (Å²) >= 11 is 0. The number of aryl methyl sites for hydroxylation is 1. The van der Waals surface area contributed by atoms with E-state index in [0.717, 1.165) is 18.5 Å². The van der Waals surface area contributed by atoms with Gasteiger partial charge in [-0.2, -0.15) is 0 Å². The van der Waals surface area contributed by atoms with Crippen LogP contribution in [0.5, 0.6) is 5.88 Å². The molecule has 1 aromatic heterocycles. The van der Waals surface area contributed by atoms with Crippen molar-refractivity contribution < 1.29 is 4.74 Å². The van der Waals surface area contributed by atoms with E-state index in [9.17, 15) is 0 Å². The second-order valence-electron chi connectivity index (χ2n) is 2.42. The highest BCUT2D eigenvalue weighted by Crippen LogP contribution is 2.07. The first-order valence-corrected chi connectivity index (χ1v) is 4.86. The van der Waals surface area contributed by atoms with Crippen molar-refractivity contribution in [1.82, 2.24) is 4.98 Å². The molecule has 0 bridgehead atoms. The Bertz CT molecular complexity index is 223. The monoisotopic (exact) mass is 181 g/mol. The van der Waals surface area contributed by atoms with Gasteiger partial charge in [0.05, 0.1) is 7.11 Å². The fraction of sp³-hybridized carbons (Fsp3) is 0.545. The summed E-state index contributed by atoms with van der Waals surface area (Å²) in [6, 6.07) is 5.85. The minimum atomic E-state index is 0.705. The van der Waals surface area contributed by atoms with Gasteiger partial charge in [-0.05, 0) is 12.5 Å². The third-order valence-electron chi connectivity index (χ3n) is 1.50. The summed E-state index contributed by atoms with van der Waals surface area (Å²) in [6.45, 7) is 6.14. The Labute approximate surface area is 81.0 Å². The minimum absolute atomic E-state index is 0.705. The molecule has 0 saturated heterocycles. The highest BCUT2D eigenvalue weighted by Gasteiger charge is 1.94. The Morgan fingerprint density at radius 1 is 1.31 bits per heavy atom. The summed E-state index contributed by atoms with van der Waals surface area (Å²) in [6.07, 6.45) is 2.15. The molecule has 0 spiro atoms. The average molecular weight is 181 g/mol. The zero-order valence-electron chi connectivity index (χ0n) is 9.00. The van der Waals surface area contributed by atoms with E-state index in [1.54, 1.807) is 7.11 Å². The van der Waals surface area contributed by atoms with Crippen LogP contribution >= 0.6 is 0 Å². The molecule has 0 saturated carbocycles. The molecule has 0 unspecified atom stereocenters. The predicted molar refractivity (Wildman–Crippen MR) is 56.1 cm³/mol. The van der Waals surface area contributed by atoms with Gasteiger partial charge in [-0.25, -0.2) is 4.98 Å². The molecule has 0 N–H and O–H groups in total. The van der Waals surface area contributed by atoms with Crippen LogP contribution in [-0.2, 0) is 6.42 Å². The van der Waals surface area contributed by atoms with Gasteiger partial charge >= 0.3 is 0 Å². The van der Waals surface area contributed by atoms with Crippen LogP contribution in [0.15, 0.2) is 18.2 Å². The summed E-state index contributed by atoms with van der Waals surface area (Å²) in [7, 11) is 1.64. The standard InChI is InChI=1S/C9H13NO.C2H6/c1-3-5-8-6-4-7-9(10-8)11-2;1-2/h4,6-7H,3,5H2,1-2H3;1-2H3. The fourth-order valence-electron chi connectivity index (χ4n) is 0.967. The van der Waals surface area contributed by atoms with Crippen LogP contribution in [-0.4, -0.2) is 12.1 Å². The maximum atomic E-state index is 4.99. The van der Waals surface area contributed by atoms with E-state index in [1.165, 1.54) is 0 Å². The lowest BCUT2D eigenvalue weighted by molar-refractivity contribution is 0.396. The minimum Gasteiger partial charge on any atom is -0.481 e. The molecule has 1 aromatic rings. The van der Waals surface area contributed by atoms with E-state index in [4.69, 9.17) is 4.74 Å². The summed E-state index contributed by atoms with van der Waals surface area (Å²) in [5.41, 5.74) is 1.10. The molecule has 0 radical (unpaired) electrons. The zero-order valence-corrected chi connectivity index (χ0v) is 9.00. The summed E-state index contributed by atoms with van der Waals surface area (Å²) < 4.78 is 4.99. The van der Waals surface area contributed by atoms with Crippen LogP contribution < -0.4 is 4.74 Å². The van der Waals surface area contributed by atoms with Gasteiger partial charge in [0.25, 0.3) is 0 Å². The average Bonchev–Trinajstić information content (AvgIpc) is 2.22. The van der Waals surface area contributed by atoms with Crippen molar-refractivity contribution in [3.8, 4) is 5.88 Å². The molecule has 2 nitrogen and oxygen atoms in total. The Kier molecular flexibility index (Phi) is 6.98. The van der Waals surface area contributed by atoms with Gasteiger partial charge in [0.2, 0.25) is 5.88 Å². The van der Waals surface area contributed by atoms with E-state index in [-0.39, 0.29) is 0 Å². The number of pyridine rings is 1. The molecule has 0 fully saturated rings. The van der Waals surface area contributed by atoms with Crippen LogP contribution in [0.4, 0.5) is 0 Å². The Morgan fingerprint density at radius 2 is 2.00 bits per heavy atom. The van der Waals surface area contributed by atoms with Gasteiger partial charge in [-0.15, -0.1) is 0 Å². The topological polar surface area (TPSA) is 22.1 Å². The number of nitrogens with zero attached hydrogens (tertiary/aromatic N) is 1.